The van der Waals surface area contributed by atoms with Gasteiger partial charge in [-0.25, -0.2) is 0 Å². The minimum absolute atomic E-state index is 0.286. The minimum Gasteiger partial charge on any atom is -0.480 e. The van der Waals surface area contributed by atoms with Crippen molar-refractivity contribution < 1.29 is 19.5 Å². The first-order chi connectivity index (χ1) is 8.81. The van der Waals surface area contributed by atoms with Gasteiger partial charge in [-0.2, -0.15) is 0 Å². The lowest BCUT2D eigenvalue weighted by atomic mass is 10.2. The third-order valence-corrected chi connectivity index (χ3v) is 3.48. The topological polar surface area (TPSA) is 101 Å². The summed E-state index contributed by atoms with van der Waals surface area (Å²) in [6, 6.07) is 5.07. The number of carboxylic acid groups (broad SMARTS) is 1. The highest BCUT2D eigenvalue weighted by Crippen LogP contribution is 2.21. The molecular weight excluding hydrogens is 431 g/mol. The normalized spacial score (nSPS) is 10.0. The Labute approximate surface area is 131 Å². The highest BCUT2D eigenvalue weighted by Gasteiger charge is 2.22. The van der Waals surface area contributed by atoms with Crippen molar-refractivity contribution >= 4 is 56.3 Å². The number of nitrogens with two attached hydrogens (primary N) is 1. The first kappa shape index (κ1) is 15.9. The fraction of sp³-hybridized carbons (Fsp3) is 0.182. The first-order valence-corrected chi connectivity index (χ1v) is 6.93. The maximum absolute atomic E-state index is 12.2. The number of hydrogen-bond donors (Lipinski definition) is 2. The molecule has 1 aromatic rings. The summed E-state index contributed by atoms with van der Waals surface area (Å²) in [5.41, 5.74) is 5.30. The number of benzene rings is 1. The van der Waals surface area contributed by atoms with E-state index >= 15 is 0 Å². The molecule has 6 nitrogen and oxygen atoms in total. The minimum atomic E-state index is -1.21. The molecule has 8 heteroatoms. The van der Waals surface area contributed by atoms with Crippen molar-refractivity contribution in [2.24, 2.45) is 5.73 Å². The monoisotopic (exact) mass is 440 g/mol. The van der Waals surface area contributed by atoms with Crippen molar-refractivity contribution in [2.45, 2.75) is 0 Å². The van der Waals surface area contributed by atoms with E-state index in [2.05, 4.69) is 15.9 Å². The number of halogens is 2. The summed E-state index contributed by atoms with van der Waals surface area (Å²) in [5, 5.41) is 8.76. The lowest BCUT2D eigenvalue weighted by Crippen LogP contribution is -2.41. The molecule has 19 heavy (non-hydrogen) atoms. The average Bonchev–Trinajstić information content (AvgIpc) is 2.29. The second kappa shape index (κ2) is 6.85. The van der Waals surface area contributed by atoms with Gasteiger partial charge in [0.2, 0.25) is 5.91 Å². The number of nitrogens with zero attached hydrogens (tertiary/aromatic N) is 1. The number of rotatable bonds is 5. The Morgan fingerprint density at radius 2 is 1.95 bits per heavy atom. The molecule has 102 valence electrons. The molecule has 1 rings (SSSR count). The Kier molecular flexibility index (Phi) is 5.73. The van der Waals surface area contributed by atoms with Gasteiger partial charge < -0.3 is 15.7 Å². The van der Waals surface area contributed by atoms with Crippen LogP contribution in [0.5, 0.6) is 0 Å². The highest BCUT2D eigenvalue weighted by molar-refractivity contribution is 14.1. The first-order valence-electron chi connectivity index (χ1n) is 5.05. The SMILES string of the molecule is NC(=O)CN(CC(=O)O)C(=O)c1cc(I)ccc1Br. The third kappa shape index (κ3) is 4.78. The molecule has 0 aliphatic heterocycles. The van der Waals surface area contributed by atoms with Gasteiger partial charge in [0.25, 0.3) is 5.91 Å². The maximum atomic E-state index is 12.2. The fourth-order valence-electron chi connectivity index (χ4n) is 1.38. The Hall–Kier alpha value is -1.16. The predicted molar refractivity (Wildman–Crippen MR) is 79.6 cm³/mol. The number of carboxylic acids is 1. The van der Waals surface area contributed by atoms with Gasteiger partial charge in [0, 0.05) is 8.04 Å². The van der Waals surface area contributed by atoms with E-state index < -0.39 is 30.9 Å². The summed E-state index contributed by atoms with van der Waals surface area (Å²) >= 11 is 5.25. The van der Waals surface area contributed by atoms with Crippen LogP contribution in [0.25, 0.3) is 0 Å². The fourth-order valence-corrected chi connectivity index (χ4v) is 2.29. The maximum Gasteiger partial charge on any atom is 0.323 e. The molecule has 2 amide bonds. The zero-order valence-corrected chi connectivity index (χ0v) is 13.3. The van der Waals surface area contributed by atoms with Gasteiger partial charge in [-0.15, -0.1) is 0 Å². The molecule has 3 N–H and O–H groups in total. The van der Waals surface area contributed by atoms with Crippen LogP contribution in [-0.4, -0.2) is 40.9 Å². The molecular formula is C11H10BrIN2O4. The van der Waals surface area contributed by atoms with Gasteiger partial charge in [-0.05, 0) is 56.7 Å². The van der Waals surface area contributed by atoms with Gasteiger partial charge >= 0.3 is 5.97 Å². The van der Waals surface area contributed by atoms with Crippen LogP contribution in [0, 0.1) is 3.57 Å². The van der Waals surface area contributed by atoms with E-state index in [1.54, 1.807) is 18.2 Å². The molecule has 0 atom stereocenters. The van der Waals surface area contributed by atoms with E-state index in [0.29, 0.717) is 4.47 Å². The van der Waals surface area contributed by atoms with Crippen LogP contribution < -0.4 is 5.73 Å². The molecule has 0 aliphatic carbocycles. The van der Waals surface area contributed by atoms with Gasteiger partial charge in [-0.3, -0.25) is 14.4 Å². The molecule has 1 aromatic carbocycles. The van der Waals surface area contributed by atoms with Crippen molar-refractivity contribution in [1.29, 1.82) is 0 Å². The van der Waals surface area contributed by atoms with Crippen LogP contribution in [-0.2, 0) is 9.59 Å². The molecule has 0 aliphatic rings. The van der Waals surface area contributed by atoms with E-state index in [9.17, 15) is 14.4 Å². The number of aliphatic carboxylic acids is 1. The van der Waals surface area contributed by atoms with Crippen LogP contribution in [0.2, 0.25) is 0 Å². The van der Waals surface area contributed by atoms with Crippen molar-refractivity contribution in [3.05, 3.63) is 31.8 Å². The van der Waals surface area contributed by atoms with Crippen LogP contribution >= 0.6 is 38.5 Å². The smallest absolute Gasteiger partial charge is 0.323 e. The van der Waals surface area contributed by atoms with E-state index in [-0.39, 0.29) is 5.56 Å². The van der Waals surface area contributed by atoms with Gasteiger partial charge in [0.05, 0.1) is 5.56 Å². The number of hydrogen-bond acceptors (Lipinski definition) is 3. The van der Waals surface area contributed by atoms with Crippen molar-refractivity contribution in [2.75, 3.05) is 13.1 Å². The van der Waals surface area contributed by atoms with Crippen molar-refractivity contribution in [3.63, 3.8) is 0 Å². The summed E-state index contributed by atoms with van der Waals surface area (Å²) in [6.45, 7) is -1.03. The molecule has 0 heterocycles. The largest absolute Gasteiger partial charge is 0.480 e. The average molecular weight is 441 g/mol. The number of amides is 2. The van der Waals surface area contributed by atoms with Crippen LogP contribution in [0.15, 0.2) is 22.7 Å². The molecule has 0 fully saturated rings. The summed E-state index contributed by atoms with van der Waals surface area (Å²) in [7, 11) is 0. The van der Waals surface area contributed by atoms with E-state index in [4.69, 9.17) is 10.8 Å². The molecule has 0 saturated heterocycles. The molecule has 0 spiro atoms. The van der Waals surface area contributed by atoms with Crippen molar-refractivity contribution in [1.82, 2.24) is 4.90 Å². The Morgan fingerprint density at radius 1 is 1.32 bits per heavy atom. The van der Waals surface area contributed by atoms with Crippen LogP contribution in [0.4, 0.5) is 0 Å². The zero-order chi connectivity index (χ0) is 14.6. The molecule has 0 aromatic heterocycles. The predicted octanol–water partition coefficient (Wildman–Crippen LogP) is 1.07. The summed E-state index contributed by atoms with van der Waals surface area (Å²) < 4.78 is 1.34. The molecule has 0 bridgehead atoms. The second-order valence-electron chi connectivity index (χ2n) is 3.65. The number of primary amides is 1. The Morgan fingerprint density at radius 3 is 2.47 bits per heavy atom. The third-order valence-electron chi connectivity index (χ3n) is 2.12. The Bertz CT molecular complexity index is 519. The lowest BCUT2D eigenvalue weighted by molar-refractivity contribution is -0.138. The zero-order valence-electron chi connectivity index (χ0n) is 9.60. The summed E-state index contributed by atoms with van der Waals surface area (Å²) in [5.74, 6) is -2.54. The van der Waals surface area contributed by atoms with Gasteiger partial charge in [0.1, 0.15) is 13.1 Å². The molecule has 0 radical (unpaired) electrons. The van der Waals surface area contributed by atoms with Gasteiger partial charge in [-0.1, -0.05) is 0 Å². The van der Waals surface area contributed by atoms with Crippen LogP contribution in [0.1, 0.15) is 10.4 Å². The van der Waals surface area contributed by atoms with E-state index in [1.165, 1.54) is 0 Å². The molecule has 0 unspecified atom stereocenters. The quantitative estimate of drug-likeness (QED) is 0.668. The Balaban J connectivity index is 3.07. The van der Waals surface area contributed by atoms with E-state index in [0.717, 1.165) is 8.47 Å². The summed E-state index contributed by atoms with van der Waals surface area (Å²) in [6.07, 6.45) is 0. The lowest BCUT2D eigenvalue weighted by Gasteiger charge is -2.19. The molecule has 0 saturated carbocycles. The standard InChI is InChI=1S/C11H10BrIN2O4/c12-8-2-1-6(13)3-7(8)11(19)15(4-9(14)16)5-10(17)18/h1-3H,4-5H2,(H2,14,16)(H,17,18). The van der Waals surface area contributed by atoms with Crippen molar-refractivity contribution in [3.8, 4) is 0 Å². The number of carbonyl (C=O) groups is 3. The van der Waals surface area contributed by atoms with E-state index in [1.807, 2.05) is 22.6 Å². The summed E-state index contributed by atoms with van der Waals surface area (Å²) in [4.78, 5) is 34.7. The number of carbonyl (C=O) groups excluding carboxylic acids is 2. The second-order valence-corrected chi connectivity index (χ2v) is 5.75. The van der Waals surface area contributed by atoms with Gasteiger partial charge in [0.15, 0.2) is 0 Å². The highest BCUT2D eigenvalue weighted by atomic mass is 127. The van der Waals surface area contributed by atoms with Crippen LogP contribution in [0.3, 0.4) is 0 Å².